The van der Waals surface area contributed by atoms with Gasteiger partial charge in [0.05, 0.1) is 11.2 Å². The molecule has 2 amide bonds. The number of sulfonamides is 1. The van der Waals surface area contributed by atoms with Crippen LogP contribution in [0.2, 0.25) is 0 Å². The first-order valence-corrected chi connectivity index (χ1v) is 13.0. The maximum Gasteiger partial charge on any atom is 0.573 e. The molecule has 37 heavy (non-hydrogen) atoms. The van der Waals surface area contributed by atoms with Gasteiger partial charge in [-0.3, -0.25) is 9.88 Å². The summed E-state index contributed by atoms with van der Waals surface area (Å²) < 4.78 is 69.8. The van der Waals surface area contributed by atoms with Crippen molar-refractivity contribution in [3.8, 4) is 5.75 Å². The fourth-order valence-corrected chi connectivity index (χ4v) is 5.59. The Kier molecular flexibility index (Phi) is 7.85. The van der Waals surface area contributed by atoms with Crippen LogP contribution >= 0.6 is 0 Å². The number of ether oxygens (including phenoxy) is 1. The number of carbonyl (C=O) groups is 1. The minimum atomic E-state index is -5.02. The third kappa shape index (κ3) is 7.08. The number of rotatable bonds is 8. The lowest BCUT2D eigenvalue weighted by molar-refractivity contribution is -0.275. The predicted octanol–water partition coefficient (Wildman–Crippen LogP) is 3.62. The number of para-hydroxylation sites is 2. The number of pyridine rings is 1. The lowest BCUT2D eigenvalue weighted by atomic mass is 10.1. The summed E-state index contributed by atoms with van der Waals surface area (Å²) in [5, 5.41) is 6.44. The monoisotopic (exact) mass is 537 g/mol. The minimum absolute atomic E-state index is 0.315. The quantitative estimate of drug-likeness (QED) is 0.405. The number of aryl methyl sites for hydroxylation is 1. The summed E-state index contributed by atoms with van der Waals surface area (Å²) in [5.74, 6) is -0.787. The molecule has 0 saturated carbocycles. The molecule has 1 fully saturated rings. The summed E-state index contributed by atoms with van der Waals surface area (Å²) in [6, 6.07) is 13.0. The number of likely N-dealkylation sites (tertiary alicyclic amines) is 1. The second-order valence-corrected chi connectivity index (χ2v) is 10.3. The molecule has 4 rings (SSSR count). The highest BCUT2D eigenvalue weighted by atomic mass is 32.2. The number of fused-ring (bicyclic) bond motifs is 1. The molecule has 3 aromatic rings. The van der Waals surface area contributed by atoms with Gasteiger partial charge in [-0.1, -0.05) is 30.3 Å². The van der Waals surface area contributed by atoms with Crippen molar-refractivity contribution in [3.05, 3.63) is 60.3 Å². The molecule has 13 heteroatoms. The first kappa shape index (κ1) is 26.6. The van der Waals surface area contributed by atoms with Crippen LogP contribution in [-0.2, 0) is 10.0 Å². The summed E-state index contributed by atoms with van der Waals surface area (Å²) in [4.78, 5) is 18.3. The second-order valence-electron chi connectivity index (χ2n) is 8.61. The van der Waals surface area contributed by atoms with E-state index in [2.05, 4.69) is 25.1 Å². The Balaban J connectivity index is 1.28. The summed E-state index contributed by atoms with van der Waals surface area (Å²) in [6.07, 6.45) is -4.55. The van der Waals surface area contributed by atoms with E-state index in [0.29, 0.717) is 38.3 Å². The van der Waals surface area contributed by atoms with Crippen molar-refractivity contribution < 1.29 is 31.1 Å². The number of carbonyl (C=O) groups excluding carboxylic acids is 1. The summed E-state index contributed by atoms with van der Waals surface area (Å²) >= 11 is 0. The van der Waals surface area contributed by atoms with E-state index in [1.165, 1.54) is 12.1 Å². The van der Waals surface area contributed by atoms with Crippen LogP contribution in [0.1, 0.15) is 12.1 Å². The number of hydrogen-bond donors (Lipinski definition) is 3. The lowest BCUT2D eigenvalue weighted by Crippen LogP contribution is -2.39. The fraction of sp³-hybridized carbons (Fsp3) is 0.333. The predicted molar refractivity (Wildman–Crippen MR) is 132 cm³/mol. The van der Waals surface area contributed by atoms with Gasteiger partial charge in [-0.05, 0) is 44.2 Å². The number of anilines is 1. The number of hydrogen-bond acceptors (Lipinski definition) is 6. The standard InChI is InChI=1S/C24H26F3N5O4S/c1-16-14-20(18-6-2-3-7-19(18)29-16)30-23(33)28-11-13-32-12-10-17(15-32)31-37(34,35)22-9-5-4-8-21(22)36-24(25,26)27/h2-9,14,17,31H,10-13,15H2,1H3,(H2,28,29,30,33). The van der Waals surface area contributed by atoms with Crippen LogP contribution in [0.3, 0.4) is 0 Å². The van der Waals surface area contributed by atoms with Crippen LogP contribution in [0.25, 0.3) is 10.9 Å². The summed E-state index contributed by atoms with van der Waals surface area (Å²) in [5.41, 5.74) is 2.19. The largest absolute Gasteiger partial charge is 0.573 e. The molecule has 1 aromatic heterocycles. The molecule has 198 valence electrons. The van der Waals surface area contributed by atoms with Crippen LogP contribution in [0.4, 0.5) is 23.7 Å². The summed E-state index contributed by atoms with van der Waals surface area (Å²) in [7, 11) is -4.25. The van der Waals surface area contributed by atoms with Crippen molar-refractivity contribution in [2.45, 2.75) is 30.6 Å². The van der Waals surface area contributed by atoms with E-state index in [4.69, 9.17) is 0 Å². The SMILES string of the molecule is Cc1cc(NC(=O)NCCN2CCC(NS(=O)(=O)c3ccccc3OC(F)(F)F)C2)c2ccccc2n1. The number of halogens is 3. The van der Waals surface area contributed by atoms with E-state index in [0.717, 1.165) is 28.7 Å². The maximum absolute atomic E-state index is 12.7. The maximum atomic E-state index is 12.7. The molecule has 1 saturated heterocycles. The van der Waals surface area contributed by atoms with Gasteiger partial charge >= 0.3 is 12.4 Å². The van der Waals surface area contributed by atoms with Crippen LogP contribution in [0.5, 0.6) is 5.75 Å². The van der Waals surface area contributed by atoms with Crippen LogP contribution < -0.4 is 20.1 Å². The Hall–Kier alpha value is -3.42. The molecule has 2 aromatic carbocycles. The Morgan fingerprint density at radius 2 is 1.89 bits per heavy atom. The van der Waals surface area contributed by atoms with E-state index in [1.54, 1.807) is 6.07 Å². The molecule has 3 N–H and O–H groups in total. The minimum Gasteiger partial charge on any atom is -0.404 e. The van der Waals surface area contributed by atoms with Crippen molar-refractivity contribution in [2.24, 2.45) is 0 Å². The van der Waals surface area contributed by atoms with E-state index < -0.39 is 33.1 Å². The van der Waals surface area contributed by atoms with Crippen LogP contribution in [-0.4, -0.2) is 62.9 Å². The van der Waals surface area contributed by atoms with Crippen molar-refractivity contribution in [1.29, 1.82) is 0 Å². The van der Waals surface area contributed by atoms with Crippen LogP contribution in [0, 0.1) is 6.92 Å². The topological polar surface area (TPSA) is 113 Å². The third-order valence-corrected chi connectivity index (χ3v) is 7.32. The molecule has 1 aliphatic rings. The fourth-order valence-electron chi connectivity index (χ4n) is 4.20. The Morgan fingerprint density at radius 1 is 1.16 bits per heavy atom. The van der Waals surface area contributed by atoms with Gasteiger partial charge in [-0.15, -0.1) is 13.2 Å². The van der Waals surface area contributed by atoms with E-state index in [9.17, 15) is 26.4 Å². The Labute approximate surface area is 212 Å². The zero-order chi connectivity index (χ0) is 26.6. The molecule has 0 aliphatic carbocycles. The number of amides is 2. The van der Waals surface area contributed by atoms with Gasteiger partial charge in [0.25, 0.3) is 0 Å². The number of aromatic nitrogens is 1. The van der Waals surface area contributed by atoms with Crippen LogP contribution in [0.15, 0.2) is 59.5 Å². The van der Waals surface area contributed by atoms with E-state index >= 15 is 0 Å². The zero-order valence-corrected chi connectivity index (χ0v) is 20.7. The molecular formula is C24H26F3N5O4S. The Bertz CT molecular complexity index is 1380. The molecule has 1 unspecified atom stereocenters. The normalized spacial score (nSPS) is 16.6. The van der Waals surface area contributed by atoms with Crippen molar-refractivity contribution in [3.63, 3.8) is 0 Å². The van der Waals surface area contributed by atoms with Gasteiger partial charge in [0.1, 0.15) is 10.6 Å². The van der Waals surface area contributed by atoms with E-state index in [-0.39, 0.29) is 6.03 Å². The first-order chi connectivity index (χ1) is 17.5. The summed E-state index contributed by atoms with van der Waals surface area (Å²) in [6.45, 7) is 3.53. The highest BCUT2D eigenvalue weighted by molar-refractivity contribution is 7.89. The highest BCUT2D eigenvalue weighted by Crippen LogP contribution is 2.29. The van der Waals surface area contributed by atoms with Crippen molar-refractivity contribution in [2.75, 3.05) is 31.5 Å². The molecule has 2 heterocycles. The van der Waals surface area contributed by atoms with Crippen molar-refractivity contribution >= 4 is 32.6 Å². The first-order valence-electron chi connectivity index (χ1n) is 11.5. The lowest BCUT2D eigenvalue weighted by Gasteiger charge is -2.18. The van der Waals surface area contributed by atoms with E-state index in [1.807, 2.05) is 36.1 Å². The average Bonchev–Trinajstić information content (AvgIpc) is 3.24. The molecule has 1 aliphatic heterocycles. The Morgan fingerprint density at radius 3 is 2.68 bits per heavy atom. The molecule has 0 radical (unpaired) electrons. The third-order valence-electron chi connectivity index (χ3n) is 5.76. The molecule has 0 bridgehead atoms. The number of urea groups is 1. The molecule has 0 spiro atoms. The van der Waals surface area contributed by atoms with Gasteiger partial charge in [-0.25, -0.2) is 17.9 Å². The number of nitrogens with zero attached hydrogens (tertiary/aromatic N) is 2. The molecular weight excluding hydrogens is 511 g/mol. The van der Waals surface area contributed by atoms with Gasteiger partial charge in [0.2, 0.25) is 10.0 Å². The highest BCUT2D eigenvalue weighted by Gasteiger charge is 2.35. The number of alkyl halides is 3. The zero-order valence-electron chi connectivity index (χ0n) is 19.9. The average molecular weight is 538 g/mol. The molecule has 9 nitrogen and oxygen atoms in total. The number of benzene rings is 2. The van der Waals surface area contributed by atoms with Gasteiger partial charge in [0, 0.05) is 36.8 Å². The second kappa shape index (κ2) is 10.9. The van der Waals surface area contributed by atoms with Gasteiger partial charge in [0.15, 0.2) is 0 Å². The molecule has 1 atom stereocenters. The van der Waals surface area contributed by atoms with Crippen molar-refractivity contribution in [1.82, 2.24) is 19.9 Å². The number of nitrogens with one attached hydrogen (secondary N) is 3. The smallest absolute Gasteiger partial charge is 0.404 e. The van der Waals surface area contributed by atoms with Gasteiger partial charge in [-0.2, -0.15) is 0 Å². The van der Waals surface area contributed by atoms with Gasteiger partial charge < -0.3 is 15.4 Å².